The van der Waals surface area contributed by atoms with Gasteiger partial charge in [0.25, 0.3) is 0 Å². The summed E-state index contributed by atoms with van der Waals surface area (Å²) in [5.41, 5.74) is 0.627. The summed E-state index contributed by atoms with van der Waals surface area (Å²) in [5, 5.41) is 2.89. The van der Waals surface area contributed by atoms with Crippen molar-refractivity contribution < 1.29 is 19.1 Å². The Morgan fingerprint density at radius 2 is 2.14 bits per heavy atom. The quantitative estimate of drug-likeness (QED) is 0.831. The van der Waals surface area contributed by atoms with Gasteiger partial charge in [-0.3, -0.25) is 14.5 Å². The molecule has 0 radical (unpaired) electrons. The van der Waals surface area contributed by atoms with Gasteiger partial charge in [0.05, 0.1) is 6.54 Å². The monoisotopic (exact) mass is 290 g/mol. The molecule has 1 atom stereocenters. The van der Waals surface area contributed by atoms with E-state index in [4.69, 9.17) is 9.47 Å². The average Bonchev–Trinajstić information content (AvgIpc) is 3.06. The highest BCUT2D eigenvalue weighted by molar-refractivity contribution is 5.98. The van der Waals surface area contributed by atoms with Crippen molar-refractivity contribution in [2.75, 3.05) is 26.4 Å². The largest absolute Gasteiger partial charge is 0.454 e. The van der Waals surface area contributed by atoms with Gasteiger partial charge in [-0.05, 0) is 24.6 Å². The summed E-state index contributed by atoms with van der Waals surface area (Å²) in [7, 11) is 0. The number of likely N-dealkylation sites (tertiary alicyclic amines) is 1. The van der Waals surface area contributed by atoms with Crippen LogP contribution < -0.4 is 14.8 Å². The Morgan fingerprint density at radius 3 is 2.95 bits per heavy atom. The Kier molecular flexibility index (Phi) is 3.79. The van der Waals surface area contributed by atoms with E-state index >= 15 is 0 Å². The van der Waals surface area contributed by atoms with E-state index in [1.165, 1.54) is 6.92 Å². The third kappa shape index (κ3) is 3.16. The minimum Gasteiger partial charge on any atom is -0.454 e. The van der Waals surface area contributed by atoms with Crippen molar-refractivity contribution in [1.29, 1.82) is 0 Å². The van der Waals surface area contributed by atoms with Crippen LogP contribution in [-0.4, -0.2) is 49.1 Å². The Labute approximate surface area is 123 Å². The second-order valence-corrected chi connectivity index (χ2v) is 5.41. The average molecular weight is 290 g/mol. The van der Waals surface area contributed by atoms with Gasteiger partial charge in [-0.1, -0.05) is 0 Å². The Hall–Kier alpha value is -2.08. The van der Waals surface area contributed by atoms with Crippen LogP contribution in [0, 0.1) is 0 Å². The standard InChI is InChI=1S/C15H18N2O4/c1-10(18)16-12-4-5-17(7-12)8-13(19)11-2-3-14-15(6-11)21-9-20-14/h2-3,6,12H,4-5,7-9H2,1H3,(H,16,18). The summed E-state index contributed by atoms with van der Waals surface area (Å²) in [6.07, 6.45) is 0.883. The van der Waals surface area contributed by atoms with E-state index < -0.39 is 0 Å². The van der Waals surface area contributed by atoms with Crippen molar-refractivity contribution in [2.24, 2.45) is 0 Å². The van der Waals surface area contributed by atoms with Gasteiger partial charge in [-0.15, -0.1) is 0 Å². The molecule has 1 aromatic rings. The zero-order chi connectivity index (χ0) is 14.8. The summed E-state index contributed by atoms with van der Waals surface area (Å²) >= 11 is 0. The number of hydrogen-bond acceptors (Lipinski definition) is 5. The number of fused-ring (bicyclic) bond motifs is 1. The predicted octanol–water partition coefficient (Wildman–Crippen LogP) is 0.808. The number of Topliss-reactive ketones (excluding diaryl/α,β-unsaturated/α-hetero) is 1. The van der Waals surface area contributed by atoms with E-state index in [9.17, 15) is 9.59 Å². The van der Waals surface area contributed by atoms with Gasteiger partial charge < -0.3 is 14.8 Å². The molecule has 0 bridgehead atoms. The van der Waals surface area contributed by atoms with E-state index in [1.807, 2.05) is 0 Å². The van der Waals surface area contributed by atoms with Crippen LogP contribution in [0.1, 0.15) is 23.7 Å². The van der Waals surface area contributed by atoms with Crippen LogP contribution in [0.3, 0.4) is 0 Å². The lowest BCUT2D eigenvalue weighted by Crippen LogP contribution is -2.36. The van der Waals surface area contributed by atoms with E-state index in [0.717, 1.165) is 19.5 Å². The lowest BCUT2D eigenvalue weighted by molar-refractivity contribution is -0.119. The van der Waals surface area contributed by atoms with Crippen LogP contribution in [0.2, 0.25) is 0 Å². The summed E-state index contributed by atoms with van der Waals surface area (Å²) in [5.74, 6) is 1.33. The van der Waals surface area contributed by atoms with Crippen LogP contribution in [0.25, 0.3) is 0 Å². The molecule has 3 rings (SSSR count). The summed E-state index contributed by atoms with van der Waals surface area (Å²) in [4.78, 5) is 25.4. The highest BCUT2D eigenvalue weighted by Crippen LogP contribution is 2.32. The molecule has 21 heavy (non-hydrogen) atoms. The first-order chi connectivity index (χ1) is 10.1. The molecule has 1 saturated heterocycles. The number of amides is 1. The topological polar surface area (TPSA) is 67.9 Å². The summed E-state index contributed by atoms with van der Waals surface area (Å²) in [6.45, 7) is 3.62. The van der Waals surface area contributed by atoms with Crippen molar-refractivity contribution in [3.63, 3.8) is 0 Å². The molecule has 2 aliphatic heterocycles. The van der Waals surface area contributed by atoms with Gasteiger partial charge in [0.15, 0.2) is 17.3 Å². The lowest BCUT2D eigenvalue weighted by atomic mass is 10.1. The van der Waals surface area contributed by atoms with Crippen LogP contribution in [0.5, 0.6) is 11.5 Å². The van der Waals surface area contributed by atoms with Gasteiger partial charge in [0.2, 0.25) is 12.7 Å². The molecule has 1 unspecified atom stereocenters. The third-order valence-electron chi connectivity index (χ3n) is 3.74. The zero-order valence-electron chi connectivity index (χ0n) is 11.9. The maximum absolute atomic E-state index is 12.3. The molecule has 1 N–H and O–H groups in total. The first kappa shape index (κ1) is 13.9. The number of nitrogens with zero attached hydrogens (tertiary/aromatic N) is 1. The molecule has 0 aliphatic carbocycles. The first-order valence-corrected chi connectivity index (χ1v) is 7.04. The van der Waals surface area contributed by atoms with E-state index in [2.05, 4.69) is 10.2 Å². The van der Waals surface area contributed by atoms with Gasteiger partial charge in [0, 0.05) is 31.6 Å². The second-order valence-electron chi connectivity index (χ2n) is 5.41. The summed E-state index contributed by atoms with van der Waals surface area (Å²) in [6, 6.07) is 5.40. The Balaban J connectivity index is 1.58. The predicted molar refractivity (Wildman–Crippen MR) is 75.6 cm³/mol. The highest BCUT2D eigenvalue weighted by atomic mass is 16.7. The maximum atomic E-state index is 12.3. The third-order valence-corrected chi connectivity index (χ3v) is 3.74. The Morgan fingerprint density at radius 1 is 1.33 bits per heavy atom. The minimum absolute atomic E-state index is 0.0241. The number of carbonyl (C=O) groups excluding carboxylic acids is 2. The number of ketones is 1. The molecule has 1 fully saturated rings. The molecule has 2 heterocycles. The molecule has 6 heteroatoms. The number of benzene rings is 1. The second kappa shape index (κ2) is 5.73. The molecule has 1 aromatic carbocycles. The van der Waals surface area contributed by atoms with Crippen molar-refractivity contribution in [3.8, 4) is 11.5 Å². The van der Waals surface area contributed by atoms with Crippen LogP contribution >= 0.6 is 0 Å². The van der Waals surface area contributed by atoms with Crippen molar-refractivity contribution in [3.05, 3.63) is 23.8 Å². The van der Waals surface area contributed by atoms with E-state index in [-0.39, 0.29) is 24.5 Å². The molecule has 6 nitrogen and oxygen atoms in total. The smallest absolute Gasteiger partial charge is 0.231 e. The molecule has 112 valence electrons. The fourth-order valence-electron chi connectivity index (χ4n) is 2.75. The maximum Gasteiger partial charge on any atom is 0.231 e. The number of carbonyl (C=O) groups is 2. The number of ether oxygens (including phenoxy) is 2. The molecular weight excluding hydrogens is 272 g/mol. The van der Waals surface area contributed by atoms with Gasteiger partial charge in [-0.25, -0.2) is 0 Å². The van der Waals surface area contributed by atoms with Gasteiger partial charge >= 0.3 is 0 Å². The number of rotatable bonds is 4. The first-order valence-electron chi connectivity index (χ1n) is 7.04. The summed E-state index contributed by atoms with van der Waals surface area (Å²) < 4.78 is 10.5. The van der Waals surface area contributed by atoms with Crippen LogP contribution in [0.15, 0.2) is 18.2 Å². The normalized spacial score (nSPS) is 20.5. The molecule has 0 aromatic heterocycles. The van der Waals surface area contributed by atoms with E-state index in [1.54, 1.807) is 18.2 Å². The fourth-order valence-corrected chi connectivity index (χ4v) is 2.75. The lowest BCUT2D eigenvalue weighted by Gasteiger charge is -2.15. The highest BCUT2D eigenvalue weighted by Gasteiger charge is 2.25. The number of hydrogen-bond donors (Lipinski definition) is 1. The molecular formula is C15H18N2O4. The Bertz CT molecular complexity index is 573. The van der Waals surface area contributed by atoms with Gasteiger partial charge in [-0.2, -0.15) is 0 Å². The molecule has 2 aliphatic rings. The van der Waals surface area contributed by atoms with Crippen molar-refractivity contribution in [1.82, 2.24) is 10.2 Å². The van der Waals surface area contributed by atoms with Gasteiger partial charge in [0.1, 0.15) is 0 Å². The minimum atomic E-state index is -0.0241. The fraction of sp³-hybridized carbons (Fsp3) is 0.467. The van der Waals surface area contributed by atoms with Crippen LogP contribution in [-0.2, 0) is 4.79 Å². The van der Waals surface area contributed by atoms with Crippen molar-refractivity contribution in [2.45, 2.75) is 19.4 Å². The zero-order valence-corrected chi connectivity index (χ0v) is 11.9. The molecule has 0 spiro atoms. The molecule has 0 saturated carbocycles. The molecule has 1 amide bonds. The SMILES string of the molecule is CC(=O)NC1CCN(CC(=O)c2ccc3c(c2)OCO3)C1. The number of nitrogens with one attached hydrogen (secondary N) is 1. The van der Waals surface area contributed by atoms with Crippen LogP contribution in [0.4, 0.5) is 0 Å². The van der Waals surface area contributed by atoms with E-state index in [0.29, 0.717) is 23.6 Å². The van der Waals surface area contributed by atoms with Crippen molar-refractivity contribution >= 4 is 11.7 Å².